The molecule has 0 radical (unpaired) electrons. The molecule has 2 atom stereocenters. The van der Waals surface area contributed by atoms with Gasteiger partial charge in [0.15, 0.2) is 17.4 Å². The van der Waals surface area contributed by atoms with E-state index in [-0.39, 0.29) is 91.3 Å². The maximum atomic E-state index is 16.9. The van der Waals surface area contributed by atoms with Crippen molar-refractivity contribution in [2.75, 3.05) is 43.9 Å². The number of hydrogen-bond donors (Lipinski definition) is 1. The highest BCUT2D eigenvalue weighted by Crippen LogP contribution is 2.46. The Hall–Kier alpha value is -4.71. The number of nitriles is 1. The van der Waals surface area contributed by atoms with Gasteiger partial charge in [-0.15, -0.1) is 11.3 Å². The van der Waals surface area contributed by atoms with Crippen molar-refractivity contribution < 1.29 is 31.8 Å². The smallest absolute Gasteiger partial charge is 0.319 e. The predicted molar refractivity (Wildman–Crippen MR) is 187 cm³/mol. The van der Waals surface area contributed by atoms with Gasteiger partial charge >= 0.3 is 12.0 Å². The summed E-state index contributed by atoms with van der Waals surface area (Å²) in [5.74, 6) is -2.71. The Bertz CT molecular complexity index is 2230. The molecule has 0 aliphatic carbocycles. The summed E-state index contributed by atoms with van der Waals surface area (Å²) in [6, 6.07) is 11.4. The number of nitrogen functional groups attached to an aromatic ring is 1. The van der Waals surface area contributed by atoms with Crippen LogP contribution < -0.4 is 20.1 Å². The van der Waals surface area contributed by atoms with Crippen LogP contribution in [0.15, 0.2) is 42.5 Å². The number of nitrogens with zero attached hydrogens (tertiary/aromatic N) is 5. The summed E-state index contributed by atoms with van der Waals surface area (Å²) in [7, 11) is 1.69. The van der Waals surface area contributed by atoms with Gasteiger partial charge in [0.2, 0.25) is 0 Å². The van der Waals surface area contributed by atoms with Crippen LogP contribution >= 0.6 is 22.9 Å². The zero-order chi connectivity index (χ0) is 36.0. The van der Waals surface area contributed by atoms with Crippen LogP contribution in [0.4, 0.5) is 28.4 Å². The first-order chi connectivity index (χ1) is 24.5. The average molecular weight is 739 g/mol. The number of aromatic nitrogens is 2. The highest BCUT2D eigenvalue weighted by Gasteiger charge is 2.49. The lowest BCUT2D eigenvalue weighted by Gasteiger charge is -2.31. The van der Waals surface area contributed by atoms with Crippen LogP contribution in [0.1, 0.15) is 37.7 Å². The normalized spacial score (nSPS) is 18.6. The molecule has 264 valence electrons. The maximum Gasteiger partial charge on any atom is 0.319 e. The quantitative estimate of drug-likeness (QED) is 0.0870. The number of rotatable bonds is 10. The first-order valence-electron chi connectivity index (χ1n) is 16.3. The van der Waals surface area contributed by atoms with Gasteiger partial charge in [-0.2, -0.15) is 15.2 Å². The number of esters is 1. The molecule has 2 saturated heterocycles. The van der Waals surface area contributed by atoms with Crippen molar-refractivity contribution >= 4 is 60.7 Å². The number of carbonyl (C=O) groups excluding carboxylic acids is 1. The highest BCUT2D eigenvalue weighted by atomic mass is 35.5. The summed E-state index contributed by atoms with van der Waals surface area (Å²) in [4.78, 5) is 25.3. The zero-order valence-corrected chi connectivity index (χ0v) is 28.9. The summed E-state index contributed by atoms with van der Waals surface area (Å²) in [5.41, 5.74) is 5.40. The average Bonchev–Trinajstić information content (AvgIpc) is 3.75. The molecule has 2 aliphatic heterocycles. The largest absolute Gasteiger partial charge is 0.461 e. The van der Waals surface area contributed by atoms with Crippen LogP contribution in [-0.4, -0.2) is 65.8 Å². The van der Waals surface area contributed by atoms with Crippen molar-refractivity contribution in [2.45, 2.75) is 43.8 Å². The van der Waals surface area contributed by atoms with Gasteiger partial charge in [0.1, 0.15) is 41.0 Å². The zero-order valence-electron chi connectivity index (χ0n) is 27.3. The van der Waals surface area contributed by atoms with Crippen molar-refractivity contribution in [1.82, 2.24) is 14.9 Å². The number of halogens is 5. The Balaban J connectivity index is 1.26. The Morgan fingerprint density at radius 2 is 2.02 bits per heavy atom. The molecule has 0 saturated carbocycles. The van der Waals surface area contributed by atoms with E-state index < -0.39 is 35.1 Å². The monoisotopic (exact) mass is 738 g/mol. The summed E-state index contributed by atoms with van der Waals surface area (Å²) in [6.45, 7) is 1.38. The molecule has 15 heteroatoms. The number of ether oxygens (including phenoxy) is 2. The van der Waals surface area contributed by atoms with Crippen LogP contribution in [0.5, 0.6) is 11.8 Å². The number of nitrogens with two attached hydrogens (primary N) is 1. The second kappa shape index (κ2) is 13.8. The summed E-state index contributed by atoms with van der Waals surface area (Å²) in [5, 5.41) is 10.2. The molecule has 51 heavy (non-hydrogen) atoms. The number of anilines is 2. The standard InChI is InChI=1S/C36H31ClF4N6O3S/c1-46(12-4-8-27(48)50-26-7-3-2-6-24(26)39)34-21-14-23(37)29(20-9-10-25(40)32-28(20)22(16-42)33(43)51-32)30(41)31(21)44-35(45-34)49-18-36-11-5-13-47(36)17-19(38)15-36/h2-3,6-7,9-10,14,19H,4-5,8,11-13,15,17-18,43H2,1H3/t19-,36+/m1/s1. The van der Waals surface area contributed by atoms with E-state index in [2.05, 4.69) is 14.9 Å². The summed E-state index contributed by atoms with van der Waals surface area (Å²) >= 11 is 7.66. The van der Waals surface area contributed by atoms with Gasteiger partial charge in [-0.3, -0.25) is 9.69 Å². The van der Waals surface area contributed by atoms with E-state index in [0.717, 1.165) is 36.8 Å². The molecule has 2 fully saturated rings. The van der Waals surface area contributed by atoms with Gasteiger partial charge in [0.05, 0.1) is 20.8 Å². The van der Waals surface area contributed by atoms with E-state index in [1.165, 1.54) is 30.3 Å². The fourth-order valence-corrected chi connectivity index (χ4v) is 8.43. The Morgan fingerprint density at radius 1 is 1.22 bits per heavy atom. The van der Waals surface area contributed by atoms with Crippen molar-refractivity contribution in [3.05, 3.63) is 70.5 Å². The van der Waals surface area contributed by atoms with E-state index in [4.69, 9.17) is 26.8 Å². The number of thiophene rings is 1. The number of carbonyl (C=O) groups is 1. The molecule has 2 N–H and O–H groups in total. The molecular weight excluding hydrogens is 708 g/mol. The number of alkyl halides is 1. The lowest BCUT2D eigenvalue weighted by atomic mass is 9.95. The molecule has 5 aromatic rings. The molecule has 0 bridgehead atoms. The molecule has 2 aliphatic rings. The van der Waals surface area contributed by atoms with Crippen LogP contribution in [0.3, 0.4) is 0 Å². The predicted octanol–water partition coefficient (Wildman–Crippen LogP) is 7.81. The summed E-state index contributed by atoms with van der Waals surface area (Å²) < 4.78 is 71.7. The topological polar surface area (TPSA) is 118 Å². The van der Waals surface area contributed by atoms with Gasteiger partial charge in [0, 0.05) is 49.3 Å². The van der Waals surface area contributed by atoms with Gasteiger partial charge in [-0.1, -0.05) is 29.8 Å². The minimum absolute atomic E-state index is 0.00355. The molecule has 4 heterocycles. The fraction of sp³-hybridized carbons (Fsp3) is 0.333. The van der Waals surface area contributed by atoms with Crippen LogP contribution in [-0.2, 0) is 4.79 Å². The lowest BCUT2D eigenvalue weighted by molar-refractivity contribution is -0.134. The molecule has 0 amide bonds. The van der Waals surface area contributed by atoms with Crippen molar-refractivity contribution in [1.29, 1.82) is 5.26 Å². The van der Waals surface area contributed by atoms with E-state index >= 15 is 4.39 Å². The fourth-order valence-electron chi connectivity index (χ4n) is 7.19. The molecule has 0 unspecified atom stereocenters. The second-order valence-corrected chi connectivity index (χ2v) is 14.3. The number of para-hydroxylation sites is 1. The lowest BCUT2D eigenvalue weighted by Crippen LogP contribution is -2.43. The third kappa shape index (κ3) is 6.39. The van der Waals surface area contributed by atoms with Crippen molar-refractivity contribution in [2.24, 2.45) is 0 Å². The van der Waals surface area contributed by atoms with Crippen LogP contribution in [0.2, 0.25) is 5.02 Å². The van der Waals surface area contributed by atoms with E-state index in [1.807, 2.05) is 6.07 Å². The highest BCUT2D eigenvalue weighted by molar-refractivity contribution is 7.23. The van der Waals surface area contributed by atoms with Crippen molar-refractivity contribution in [3.8, 4) is 29.0 Å². The molecule has 2 aromatic heterocycles. The Kier molecular flexibility index (Phi) is 9.38. The minimum atomic E-state index is -0.989. The van der Waals surface area contributed by atoms with Gasteiger partial charge in [0.25, 0.3) is 0 Å². The third-order valence-corrected chi connectivity index (χ3v) is 10.9. The third-order valence-electron chi connectivity index (χ3n) is 9.57. The molecule has 7 rings (SSSR count). The SMILES string of the molecule is CN(CCCC(=O)Oc1ccccc1F)c1nc(OC[C@@]23CCCN2C[C@H](F)C3)nc2c(F)c(-c3ccc(F)c4sc(N)c(C#N)c34)c(Cl)cc12. The molecular formula is C36H31ClF4N6O3S. The number of fused-ring (bicyclic) bond motifs is 3. The molecule has 3 aromatic carbocycles. The second-order valence-electron chi connectivity index (χ2n) is 12.8. The van der Waals surface area contributed by atoms with Gasteiger partial charge in [-0.05, 0) is 55.6 Å². The Labute approximate surface area is 299 Å². The summed E-state index contributed by atoms with van der Waals surface area (Å²) in [6.07, 6.45) is 1.14. The number of hydrogen-bond acceptors (Lipinski definition) is 10. The van der Waals surface area contributed by atoms with E-state index in [9.17, 15) is 23.2 Å². The van der Waals surface area contributed by atoms with Gasteiger partial charge in [-0.25, -0.2) is 17.6 Å². The maximum absolute atomic E-state index is 16.9. The van der Waals surface area contributed by atoms with Gasteiger partial charge < -0.3 is 20.1 Å². The molecule has 0 spiro atoms. The first-order valence-corrected chi connectivity index (χ1v) is 17.5. The van der Waals surface area contributed by atoms with E-state index in [1.54, 1.807) is 18.0 Å². The Morgan fingerprint density at radius 3 is 2.80 bits per heavy atom. The molecule has 9 nitrogen and oxygen atoms in total. The van der Waals surface area contributed by atoms with E-state index in [0.29, 0.717) is 13.0 Å². The van der Waals surface area contributed by atoms with Crippen LogP contribution in [0.25, 0.3) is 32.1 Å². The minimum Gasteiger partial charge on any atom is -0.461 e. The first kappa shape index (κ1) is 34.7. The van der Waals surface area contributed by atoms with Crippen LogP contribution in [0, 0.1) is 28.8 Å². The number of benzene rings is 3. The van der Waals surface area contributed by atoms with Crippen molar-refractivity contribution in [3.63, 3.8) is 0 Å².